The summed E-state index contributed by atoms with van der Waals surface area (Å²) in [7, 11) is 0. The molecule has 0 N–H and O–H groups in total. The molecule has 0 atom stereocenters. The van der Waals surface area contributed by atoms with Gasteiger partial charge < -0.3 is 9.47 Å². The van der Waals surface area contributed by atoms with Crippen LogP contribution in [-0.4, -0.2) is 24.4 Å². The van der Waals surface area contributed by atoms with E-state index in [4.69, 9.17) is 9.47 Å². The Hall–Kier alpha value is 0.390. The molecule has 0 rings (SSSR count). The Bertz CT molecular complexity index is 149. The van der Waals surface area contributed by atoms with E-state index in [1.54, 1.807) is 0 Å². The van der Waals surface area contributed by atoms with Crippen molar-refractivity contribution in [2.75, 3.05) is 24.4 Å². The van der Waals surface area contributed by atoms with Crippen molar-refractivity contribution in [3.8, 4) is 0 Å². The maximum atomic E-state index is 5.36. The van der Waals surface area contributed by atoms with Gasteiger partial charge in [-0.25, -0.2) is 0 Å². The first-order chi connectivity index (χ1) is 7.91. The van der Waals surface area contributed by atoms with Crippen LogP contribution in [0.2, 0.25) is 0 Å². The molecule has 0 aliphatic carbocycles. The van der Waals surface area contributed by atoms with Crippen LogP contribution in [0.3, 0.4) is 0 Å². The first kappa shape index (κ1) is 16.4. The van der Waals surface area contributed by atoms with Crippen molar-refractivity contribution in [2.24, 2.45) is 0 Å². The minimum Gasteiger partial charge on any atom is -0.355 e. The molecule has 0 aliphatic heterocycles. The molecule has 0 unspecified atom stereocenters. The molecule has 0 amide bonds. The Morgan fingerprint density at radius 1 is 0.938 bits per heavy atom. The van der Waals surface area contributed by atoms with Crippen LogP contribution in [0.4, 0.5) is 0 Å². The average molecular weight is 340 g/mol. The van der Waals surface area contributed by atoms with E-state index in [9.17, 15) is 0 Å². The molecular weight excluding hydrogens is 315 g/mol. The van der Waals surface area contributed by atoms with Gasteiger partial charge in [0, 0.05) is 11.0 Å². The zero-order valence-electron chi connectivity index (χ0n) is 10.4. The fraction of sp³-hybridized carbons (Fsp3) is 0.846. The van der Waals surface area contributed by atoms with E-state index >= 15 is 0 Å². The zero-order valence-corrected chi connectivity index (χ0v) is 12.6. The number of unbranched alkanes of at least 4 members (excludes halogenated alkanes) is 3. The number of rotatable bonds is 12. The Kier molecular flexibility index (Phi) is 15.8. The molecule has 0 aromatic rings. The van der Waals surface area contributed by atoms with Crippen molar-refractivity contribution in [1.82, 2.24) is 0 Å². The Balaban J connectivity index is 2.93. The minimum absolute atomic E-state index is 0.451. The molecule has 2 nitrogen and oxygen atoms in total. The van der Waals surface area contributed by atoms with E-state index in [2.05, 4.69) is 41.7 Å². The maximum absolute atomic E-state index is 5.36. The summed E-state index contributed by atoms with van der Waals surface area (Å²) in [6, 6.07) is 0. The van der Waals surface area contributed by atoms with Crippen molar-refractivity contribution in [1.29, 1.82) is 0 Å². The molecule has 0 spiro atoms. The molecule has 0 radical (unpaired) electrons. The lowest BCUT2D eigenvalue weighted by Crippen LogP contribution is -2.02. The lowest BCUT2D eigenvalue weighted by molar-refractivity contribution is -0.0531. The van der Waals surface area contributed by atoms with E-state index in [1.807, 2.05) is 0 Å². The van der Waals surface area contributed by atoms with Gasteiger partial charge in [0.2, 0.25) is 0 Å². The summed E-state index contributed by atoms with van der Waals surface area (Å²) in [5.74, 6) is 0. The number of halogens is 1. The predicted molar refractivity (Wildman–Crippen MR) is 78.2 cm³/mol. The maximum Gasteiger partial charge on any atom is 0.146 e. The third-order valence-corrected chi connectivity index (χ3v) is 2.80. The molecule has 0 bridgehead atoms. The average Bonchev–Trinajstić information content (AvgIpc) is 2.31. The third-order valence-electron chi connectivity index (χ3n) is 2.18. The number of hydrogen-bond acceptors (Lipinski definition) is 2. The van der Waals surface area contributed by atoms with Gasteiger partial charge in [-0.15, -0.1) is 0 Å². The first-order valence-corrected chi connectivity index (χ1v) is 7.80. The number of alkyl halides is 1. The summed E-state index contributed by atoms with van der Waals surface area (Å²) >= 11 is 2.38. The summed E-state index contributed by atoms with van der Waals surface area (Å²) in [6.07, 6.45) is 11.6. The normalized spacial score (nSPS) is 11.4. The molecule has 0 aromatic carbocycles. The molecule has 96 valence electrons. The number of allylic oxidation sites excluding steroid dienone is 1. The highest BCUT2D eigenvalue weighted by atomic mass is 127. The first-order valence-electron chi connectivity index (χ1n) is 6.28. The Morgan fingerprint density at radius 3 is 2.44 bits per heavy atom. The van der Waals surface area contributed by atoms with Gasteiger partial charge in [-0.05, 0) is 19.3 Å². The van der Waals surface area contributed by atoms with Crippen molar-refractivity contribution in [3.05, 3.63) is 12.2 Å². The molecule has 0 heterocycles. The van der Waals surface area contributed by atoms with Crippen LogP contribution in [0.15, 0.2) is 12.2 Å². The summed E-state index contributed by atoms with van der Waals surface area (Å²) in [5.41, 5.74) is 0. The van der Waals surface area contributed by atoms with E-state index in [0.29, 0.717) is 6.79 Å². The van der Waals surface area contributed by atoms with Gasteiger partial charge >= 0.3 is 0 Å². The molecule has 0 saturated carbocycles. The number of hydrogen-bond donors (Lipinski definition) is 0. The number of ether oxygens (including phenoxy) is 2. The van der Waals surface area contributed by atoms with E-state index in [-0.39, 0.29) is 0 Å². The van der Waals surface area contributed by atoms with Crippen LogP contribution in [0.1, 0.15) is 45.4 Å². The summed E-state index contributed by atoms with van der Waals surface area (Å²) < 4.78 is 11.9. The van der Waals surface area contributed by atoms with E-state index < -0.39 is 0 Å². The Labute approximate surface area is 114 Å². The minimum atomic E-state index is 0.451. The Morgan fingerprint density at radius 2 is 1.69 bits per heavy atom. The van der Waals surface area contributed by atoms with Gasteiger partial charge in [0.15, 0.2) is 0 Å². The van der Waals surface area contributed by atoms with Crippen molar-refractivity contribution < 1.29 is 9.47 Å². The van der Waals surface area contributed by atoms with Crippen molar-refractivity contribution in [2.45, 2.75) is 45.4 Å². The van der Waals surface area contributed by atoms with Gasteiger partial charge in [-0.2, -0.15) is 0 Å². The smallest absolute Gasteiger partial charge is 0.146 e. The monoisotopic (exact) mass is 340 g/mol. The van der Waals surface area contributed by atoms with Crippen LogP contribution < -0.4 is 0 Å². The summed E-state index contributed by atoms with van der Waals surface area (Å²) in [4.78, 5) is 0. The third kappa shape index (κ3) is 14.4. The molecular formula is C13H25IO2. The van der Waals surface area contributed by atoms with Crippen molar-refractivity contribution >= 4 is 22.6 Å². The standard InChI is InChI=1S/C13H25IO2/c1-2-3-4-8-11-15-13-16-12-9-6-5-7-10-14/h5-6H,2-4,7-13H2,1H3/b6-5-. The molecule has 0 saturated heterocycles. The van der Waals surface area contributed by atoms with Crippen LogP contribution in [0.5, 0.6) is 0 Å². The second kappa shape index (κ2) is 15.4. The molecule has 16 heavy (non-hydrogen) atoms. The predicted octanol–water partition coefficient (Wildman–Crippen LogP) is 4.33. The lowest BCUT2D eigenvalue weighted by atomic mass is 10.2. The SMILES string of the molecule is CCCCCCOCOCC/C=C\CCI. The van der Waals surface area contributed by atoms with Crippen LogP contribution >= 0.6 is 22.6 Å². The largest absolute Gasteiger partial charge is 0.355 e. The van der Waals surface area contributed by atoms with Gasteiger partial charge in [-0.1, -0.05) is 60.9 Å². The highest BCUT2D eigenvalue weighted by Crippen LogP contribution is 1.99. The highest BCUT2D eigenvalue weighted by molar-refractivity contribution is 14.1. The molecule has 3 heteroatoms. The zero-order chi connectivity index (χ0) is 11.9. The van der Waals surface area contributed by atoms with Crippen molar-refractivity contribution in [3.63, 3.8) is 0 Å². The topological polar surface area (TPSA) is 18.5 Å². The fourth-order valence-electron chi connectivity index (χ4n) is 1.26. The molecule has 0 aliphatic rings. The van der Waals surface area contributed by atoms with Gasteiger partial charge in [0.05, 0.1) is 6.61 Å². The van der Waals surface area contributed by atoms with Gasteiger partial charge in [0.1, 0.15) is 6.79 Å². The summed E-state index contributed by atoms with van der Waals surface area (Å²) in [6.45, 7) is 4.28. The lowest BCUT2D eigenvalue weighted by Gasteiger charge is -2.04. The van der Waals surface area contributed by atoms with E-state index in [1.165, 1.54) is 23.7 Å². The highest BCUT2D eigenvalue weighted by Gasteiger charge is 1.89. The van der Waals surface area contributed by atoms with Crippen LogP contribution in [-0.2, 0) is 9.47 Å². The van der Waals surface area contributed by atoms with Crippen LogP contribution in [0, 0.1) is 0 Å². The second-order valence-corrected chi connectivity index (χ2v) is 4.81. The molecule has 0 aromatic heterocycles. The van der Waals surface area contributed by atoms with Gasteiger partial charge in [-0.3, -0.25) is 0 Å². The summed E-state index contributed by atoms with van der Waals surface area (Å²) in [5, 5.41) is 0. The fourth-order valence-corrected chi connectivity index (χ4v) is 1.62. The van der Waals surface area contributed by atoms with E-state index in [0.717, 1.165) is 32.5 Å². The second-order valence-electron chi connectivity index (χ2n) is 3.73. The quantitative estimate of drug-likeness (QED) is 0.173. The molecule has 0 fully saturated rings. The van der Waals surface area contributed by atoms with Crippen LogP contribution in [0.25, 0.3) is 0 Å². The van der Waals surface area contributed by atoms with Gasteiger partial charge in [0.25, 0.3) is 0 Å².